The number of ketones is 2. The third-order valence-corrected chi connectivity index (χ3v) is 13.5. The Morgan fingerprint density at radius 2 is 1.04 bits per heavy atom. The monoisotopic (exact) mass is 690 g/mol. The van der Waals surface area contributed by atoms with Crippen molar-refractivity contribution in [1.82, 2.24) is 0 Å². The van der Waals surface area contributed by atoms with E-state index in [1.165, 1.54) is 11.1 Å². The largest absolute Gasteiger partial charge is 0.298 e. The summed E-state index contributed by atoms with van der Waals surface area (Å²) in [4.78, 5) is 27.9. The summed E-state index contributed by atoms with van der Waals surface area (Å²) in [5.41, 5.74) is 4.22. The lowest BCUT2D eigenvalue weighted by Crippen LogP contribution is -2.38. The average Bonchev–Trinajstić information content (AvgIpc) is 3.32. The second-order valence-corrected chi connectivity index (χ2v) is 16.3. The Balaban J connectivity index is 0.000000195. The van der Waals surface area contributed by atoms with Gasteiger partial charge < -0.3 is 0 Å². The zero-order valence-corrected chi connectivity index (χ0v) is 31.2. The van der Waals surface area contributed by atoms with E-state index in [9.17, 15) is 18.0 Å². The van der Waals surface area contributed by atoms with Gasteiger partial charge in [0.05, 0.1) is 22.5 Å². The fraction of sp³-hybridized carbons (Fsp3) is 0.422. The second kappa shape index (κ2) is 16.5. The molecule has 1 heterocycles. The first kappa shape index (κ1) is 37.4. The maximum absolute atomic E-state index is 13.8. The van der Waals surface area contributed by atoms with Crippen molar-refractivity contribution < 1.29 is 18.0 Å². The van der Waals surface area contributed by atoms with Crippen LogP contribution in [0.2, 0.25) is 0 Å². The number of rotatable bonds is 10. The van der Waals surface area contributed by atoms with Gasteiger partial charge in [0.25, 0.3) is 0 Å². The molecular formula is C45H54O4S. The SMILES string of the molecule is CCCC[C@]1(CC)CCc2ccccc2[C@@H](c2ccccc2)C1=O.CCCC[C@]1(CC)CS(=O)(=O)c2ccccc2[C@H](c2ccccc2)C1=O. The molecule has 0 fully saturated rings. The van der Waals surface area contributed by atoms with Crippen molar-refractivity contribution in [2.45, 2.75) is 109 Å². The zero-order valence-electron chi connectivity index (χ0n) is 30.4. The van der Waals surface area contributed by atoms with Gasteiger partial charge in [0.15, 0.2) is 21.4 Å². The van der Waals surface area contributed by atoms with E-state index in [4.69, 9.17) is 0 Å². The summed E-state index contributed by atoms with van der Waals surface area (Å²) in [5.74, 6) is -0.235. The van der Waals surface area contributed by atoms with Gasteiger partial charge in [0.1, 0.15) is 0 Å². The van der Waals surface area contributed by atoms with Gasteiger partial charge in [-0.2, -0.15) is 0 Å². The van der Waals surface area contributed by atoms with Crippen molar-refractivity contribution in [1.29, 1.82) is 0 Å². The van der Waals surface area contributed by atoms with Gasteiger partial charge in [-0.3, -0.25) is 9.59 Å². The van der Waals surface area contributed by atoms with Gasteiger partial charge >= 0.3 is 0 Å². The van der Waals surface area contributed by atoms with Crippen LogP contribution in [0.5, 0.6) is 0 Å². The van der Waals surface area contributed by atoms with Crippen molar-refractivity contribution >= 4 is 21.4 Å². The first-order chi connectivity index (χ1) is 24.2. The lowest BCUT2D eigenvalue weighted by Gasteiger charge is -2.33. The number of hydrogen-bond donors (Lipinski definition) is 0. The van der Waals surface area contributed by atoms with Gasteiger partial charge in [-0.1, -0.05) is 157 Å². The molecule has 4 aromatic rings. The third-order valence-electron chi connectivity index (χ3n) is 11.5. The molecule has 1 aliphatic heterocycles. The normalized spacial score (nSPS) is 24.2. The quantitative estimate of drug-likeness (QED) is 0.155. The summed E-state index contributed by atoms with van der Waals surface area (Å²) in [6.45, 7) is 8.43. The van der Waals surface area contributed by atoms with Crippen molar-refractivity contribution in [2.24, 2.45) is 10.8 Å². The number of aryl methyl sites for hydroxylation is 1. The van der Waals surface area contributed by atoms with Crippen LogP contribution in [0, 0.1) is 10.8 Å². The molecule has 264 valence electrons. The molecule has 0 aromatic heterocycles. The molecule has 4 aromatic carbocycles. The van der Waals surface area contributed by atoms with E-state index in [0.717, 1.165) is 62.5 Å². The highest BCUT2D eigenvalue weighted by Crippen LogP contribution is 2.47. The van der Waals surface area contributed by atoms with Crippen LogP contribution in [-0.2, 0) is 25.8 Å². The molecule has 4 atom stereocenters. The molecule has 0 unspecified atom stereocenters. The lowest BCUT2D eigenvalue weighted by molar-refractivity contribution is -0.130. The topological polar surface area (TPSA) is 68.3 Å². The fourth-order valence-corrected chi connectivity index (χ4v) is 10.6. The van der Waals surface area contributed by atoms with E-state index in [1.807, 2.05) is 49.4 Å². The van der Waals surface area contributed by atoms with Crippen molar-refractivity contribution in [3.63, 3.8) is 0 Å². The van der Waals surface area contributed by atoms with Crippen molar-refractivity contribution in [3.8, 4) is 0 Å². The summed E-state index contributed by atoms with van der Waals surface area (Å²) in [6.07, 6.45) is 9.23. The van der Waals surface area contributed by atoms with Gasteiger partial charge in [-0.05, 0) is 72.4 Å². The summed E-state index contributed by atoms with van der Waals surface area (Å²) in [6, 6.07) is 35.5. The van der Waals surface area contributed by atoms with Crippen LogP contribution in [-0.4, -0.2) is 25.7 Å². The predicted molar refractivity (Wildman–Crippen MR) is 204 cm³/mol. The Morgan fingerprint density at radius 3 is 1.60 bits per heavy atom. The van der Waals surface area contributed by atoms with E-state index < -0.39 is 21.2 Å². The molecule has 0 bridgehead atoms. The Kier molecular flexibility index (Phi) is 12.3. The van der Waals surface area contributed by atoms with Crippen molar-refractivity contribution in [2.75, 3.05) is 5.75 Å². The molecule has 1 aliphatic carbocycles. The number of carbonyl (C=O) groups excluding carboxylic acids is 2. The van der Waals surface area contributed by atoms with Crippen LogP contribution < -0.4 is 0 Å². The number of unbranched alkanes of at least 4 members (excludes halogenated alkanes) is 2. The molecular weight excluding hydrogens is 637 g/mol. The maximum atomic E-state index is 13.8. The third kappa shape index (κ3) is 7.59. The summed E-state index contributed by atoms with van der Waals surface area (Å²) in [7, 11) is -3.52. The number of fused-ring (bicyclic) bond motifs is 2. The predicted octanol–water partition coefficient (Wildman–Crippen LogP) is 10.7. The number of Topliss-reactive ketones (excluding diaryl/α,β-unsaturated/α-hetero) is 2. The Hall–Kier alpha value is -3.83. The molecule has 0 saturated heterocycles. The minimum Gasteiger partial charge on any atom is -0.298 e. The van der Waals surface area contributed by atoms with E-state index in [2.05, 4.69) is 69.3 Å². The molecule has 4 nitrogen and oxygen atoms in total. The first-order valence-electron chi connectivity index (χ1n) is 18.7. The summed E-state index contributed by atoms with van der Waals surface area (Å²) in [5, 5.41) is 0. The van der Waals surface area contributed by atoms with Crippen LogP contribution in [0.15, 0.2) is 114 Å². The molecule has 6 rings (SSSR count). The highest BCUT2D eigenvalue weighted by Gasteiger charge is 2.48. The van der Waals surface area contributed by atoms with Gasteiger partial charge in [0, 0.05) is 10.8 Å². The summed E-state index contributed by atoms with van der Waals surface area (Å²) < 4.78 is 26.4. The number of carbonyl (C=O) groups is 2. The van der Waals surface area contributed by atoms with E-state index in [0.29, 0.717) is 29.1 Å². The standard InChI is InChI=1S/C23H28O.C22H26O3S/c1-3-5-16-23(4-2)17-15-18-11-9-10-14-20(18)21(22(23)24)19-12-7-6-8-13-19;1-3-5-15-22(4-2)16-26(24,25)19-14-10-9-13-18(19)20(21(22)23)17-11-7-6-8-12-17/h6-14,21H,3-5,15-17H2,1-2H3;6-14,20H,3-5,15-16H2,1-2H3/t21-,23-;20-,22+/m10/s1. The highest BCUT2D eigenvalue weighted by atomic mass is 32.2. The zero-order chi connectivity index (χ0) is 35.8. The molecule has 50 heavy (non-hydrogen) atoms. The Morgan fingerprint density at radius 1 is 0.580 bits per heavy atom. The number of sulfone groups is 1. The minimum atomic E-state index is -3.52. The highest BCUT2D eigenvalue weighted by molar-refractivity contribution is 7.91. The lowest BCUT2D eigenvalue weighted by atomic mass is 9.69. The first-order valence-corrected chi connectivity index (χ1v) is 20.4. The summed E-state index contributed by atoms with van der Waals surface area (Å²) >= 11 is 0. The van der Waals surface area contributed by atoms with Crippen molar-refractivity contribution in [3.05, 3.63) is 137 Å². The number of benzene rings is 4. The average molecular weight is 691 g/mol. The van der Waals surface area contributed by atoms with Crippen LogP contribution in [0.4, 0.5) is 0 Å². The van der Waals surface area contributed by atoms with E-state index in [-0.39, 0.29) is 22.9 Å². The molecule has 0 radical (unpaired) electrons. The number of hydrogen-bond acceptors (Lipinski definition) is 4. The molecule has 0 spiro atoms. The molecule has 5 heteroatoms. The fourth-order valence-electron chi connectivity index (χ4n) is 8.36. The van der Waals surface area contributed by atoms with Crippen LogP contribution in [0.25, 0.3) is 0 Å². The maximum Gasteiger partial charge on any atom is 0.179 e. The van der Waals surface area contributed by atoms with Gasteiger partial charge in [0.2, 0.25) is 0 Å². The van der Waals surface area contributed by atoms with Crippen LogP contribution >= 0.6 is 0 Å². The second-order valence-electron chi connectivity index (χ2n) is 14.4. The minimum absolute atomic E-state index is 0.0492. The molecule has 2 aliphatic rings. The van der Waals surface area contributed by atoms with E-state index >= 15 is 0 Å². The molecule has 0 amide bonds. The Labute approximate surface area is 300 Å². The van der Waals surface area contributed by atoms with E-state index in [1.54, 1.807) is 18.2 Å². The Bertz CT molecular complexity index is 1850. The molecule has 0 saturated carbocycles. The van der Waals surface area contributed by atoms with Gasteiger partial charge in [-0.15, -0.1) is 0 Å². The molecule has 0 N–H and O–H groups in total. The van der Waals surface area contributed by atoms with Gasteiger partial charge in [-0.25, -0.2) is 8.42 Å². The van der Waals surface area contributed by atoms with Crippen LogP contribution in [0.3, 0.4) is 0 Å². The smallest absolute Gasteiger partial charge is 0.179 e. The van der Waals surface area contributed by atoms with Crippen LogP contribution in [0.1, 0.15) is 125 Å².